The van der Waals surface area contributed by atoms with Crippen molar-refractivity contribution < 1.29 is 19.8 Å². The van der Waals surface area contributed by atoms with Crippen LogP contribution in [0.4, 0.5) is 0 Å². The number of aliphatic hydroxyl groups is 1. The van der Waals surface area contributed by atoms with Crippen molar-refractivity contribution in [3.63, 3.8) is 0 Å². The monoisotopic (exact) mass is 283 g/mol. The van der Waals surface area contributed by atoms with Gasteiger partial charge in [0.25, 0.3) is 0 Å². The fraction of sp³-hybridized carbons (Fsp3) is 0.615. The molecule has 1 aromatic rings. The average Bonchev–Trinajstić information content (AvgIpc) is 2.60. The molecule has 1 atom stereocenters. The number of aromatic nitrogens is 2. The number of aliphatic carboxylic acids is 1. The zero-order valence-corrected chi connectivity index (χ0v) is 12.0. The van der Waals surface area contributed by atoms with Gasteiger partial charge in [0.15, 0.2) is 0 Å². The van der Waals surface area contributed by atoms with Crippen molar-refractivity contribution in [3.8, 4) is 0 Å². The van der Waals surface area contributed by atoms with Crippen LogP contribution in [0.2, 0.25) is 0 Å². The Morgan fingerprint density at radius 3 is 2.50 bits per heavy atom. The van der Waals surface area contributed by atoms with Crippen LogP contribution in [0, 0.1) is 13.8 Å². The first-order valence-corrected chi connectivity index (χ1v) is 6.49. The number of hydrogen-bond acceptors (Lipinski definition) is 4. The van der Waals surface area contributed by atoms with Crippen molar-refractivity contribution in [2.45, 2.75) is 39.2 Å². The van der Waals surface area contributed by atoms with E-state index in [2.05, 4.69) is 10.4 Å². The van der Waals surface area contributed by atoms with E-state index in [0.29, 0.717) is 6.42 Å². The van der Waals surface area contributed by atoms with Gasteiger partial charge in [0.05, 0.1) is 5.69 Å². The molecule has 1 amide bonds. The lowest BCUT2D eigenvalue weighted by atomic mass is 10.1. The number of rotatable bonds is 7. The minimum absolute atomic E-state index is 0.00597. The molecule has 1 heterocycles. The molecule has 0 fully saturated rings. The number of aliphatic hydroxyl groups excluding tert-OH is 1. The van der Waals surface area contributed by atoms with Gasteiger partial charge in [0.2, 0.25) is 5.91 Å². The Labute approximate surface area is 117 Å². The maximum Gasteiger partial charge on any atom is 0.326 e. The van der Waals surface area contributed by atoms with Crippen molar-refractivity contribution in [2.24, 2.45) is 7.05 Å². The Hall–Kier alpha value is -1.89. The third-order valence-corrected chi connectivity index (χ3v) is 3.31. The molecule has 0 saturated heterocycles. The van der Waals surface area contributed by atoms with Gasteiger partial charge in [0, 0.05) is 32.2 Å². The van der Waals surface area contributed by atoms with E-state index in [-0.39, 0.29) is 25.4 Å². The minimum atomic E-state index is -1.14. The molecular formula is C13H21N3O4. The van der Waals surface area contributed by atoms with Crippen LogP contribution in [-0.2, 0) is 23.1 Å². The van der Waals surface area contributed by atoms with E-state index in [1.807, 2.05) is 20.9 Å². The summed E-state index contributed by atoms with van der Waals surface area (Å²) in [4.78, 5) is 22.6. The first kappa shape index (κ1) is 16.2. The Bertz CT molecular complexity index is 496. The van der Waals surface area contributed by atoms with Crippen LogP contribution < -0.4 is 5.32 Å². The number of carbonyl (C=O) groups excluding carboxylic acids is 1. The number of carboxylic acids is 1. The summed E-state index contributed by atoms with van der Waals surface area (Å²) in [6.07, 6.45) is 0.720. The smallest absolute Gasteiger partial charge is 0.326 e. The van der Waals surface area contributed by atoms with Crippen LogP contribution in [0.3, 0.4) is 0 Å². The van der Waals surface area contributed by atoms with E-state index in [1.54, 1.807) is 4.68 Å². The number of hydrogen-bond donors (Lipinski definition) is 3. The number of carboxylic acid groups (broad SMARTS) is 1. The standard InChI is InChI=1S/C13H21N3O4/c1-8-10(9(2)16(3)15-8)4-5-12(18)14-11(6-7-17)13(19)20/h11,17H,4-7H2,1-3H3,(H,14,18)(H,19,20)/t11-/m1/s1. The summed E-state index contributed by atoms with van der Waals surface area (Å²) in [6.45, 7) is 3.53. The van der Waals surface area contributed by atoms with Crippen LogP contribution in [-0.4, -0.2) is 44.5 Å². The molecular weight excluding hydrogens is 262 g/mol. The van der Waals surface area contributed by atoms with Crippen LogP contribution in [0.25, 0.3) is 0 Å². The fourth-order valence-corrected chi connectivity index (χ4v) is 2.07. The van der Waals surface area contributed by atoms with E-state index in [1.165, 1.54) is 0 Å². The molecule has 1 aromatic heterocycles. The average molecular weight is 283 g/mol. The highest BCUT2D eigenvalue weighted by atomic mass is 16.4. The third kappa shape index (κ3) is 4.06. The highest BCUT2D eigenvalue weighted by Gasteiger charge is 2.19. The summed E-state index contributed by atoms with van der Waals surface area (Å²) >= 11 is 0. The topological polar surface area (TPSA) is 104 Å². The highest BCUT2D eigenvalue weighted by Crippen LogP contribution is 2.14. The maximum absolute atomic E-state index is 11.8. The van der Waals surface area contributed by atoms with E-state index in [4.69, 9.17) is 10.2 Å². The van der Waals surface area contributed by atoms with Crippen LogP contribution in [0.1, 0.15) is 29.8 Å². The molecule has 0 aliphatic heterocycles. The molecule has 0 aromatic carbocycles. The zero-order chi connectivity index (χ0) is 15.3. The zero-order valence-electron chi connectivity index (χ0n) is 12.0. The lowest BCUT2D eigenvalue weighted by Gasteiger charge is -2.13. The van der Waals surface area contributed by atoms with E-state index >= 15 is 0 Å². The lowest BCUT2D eigenvalue weighted by Crippen LogP contribution is -2.41. The van der Waals surface area contributed by atoms with Gasteiger partial charge in [-0.1, -0.05) is 0 Å². The molecule has 7 heteroatoms. The van der Waals surface area contributed by atoms with Gasteiger partial charge < -0.3 is 15.5 Å². The van der Waals surface area contributed by atoms with Crippen LogP contribution in [0.15, 0.2) is 0 Å². The first-order valence-electron chi connectivity index (χ1n) is 6.49. The number of amides is 1. The van der Waals surface area contributed by atoms with Gasteiger partial charge in [-0.2, -0.15) is 5.10 Å². The Morgan fingerprint density at radius 1 is 1.40 bits per heavy atom. The molecule has 112 valence electrons. The number of nitrogens with one attached hydrogen (secondary N) is 1. The molecule has 0 unspecified atom stereocenters. The Balaban J connectivity index is 2.56. The van der Waals surface area contributed by atoms with E-state index in [0.717, 1.165) is 17.0 Å². The second-order valence-electron chi connectivity index (χ2n) is 4.74. The van der Waals surface area contributed by atoms with Crippen LogP contribution in [0.5, 0.6) is 0 Å². The molecule has 20 heavy (non-hydrogen) atoms. The van der Waals surface area contributed by atoms with Crippen molar-refractivity contribution >= 4 is 11.9 Å². The van der Waals surface area contributed by atoms with Crippen molar-refractivity contribution in [2.75, 3.05) is 6.61 Å². The molecule has 0 aliphatic rings. The van der Waals surface area contributed by atoms with Gasteiger partial charge >= 0.3 is 5.97 Å². The highest BCUT2D eigenvalue weighted by molar-refractivity contribution is 5.83. The maximum atomic E-state index is 11.8. The van der Waals surface area contributed by atoms with E-state index in [9.17, 15) is 9.59 Å². The summed E-state index contributed by atoms with van der Waals surface area (Å²) < 4.78 is 1.76. The summed E-state index contributed by atoms with van der Waals surface area (Å²) in [5.41, 5.74) is 2.89. The van der Waals surface area contributed by atoms with Gasteiger partial charge in [-0.15, -0.1) is 0 Å². The minimum Gasteiger partial charge on any atom is -0.480 e. The SMILES string of the molecule is Cc1nn(C)c(C)c1CCC(=O)N[C@H](CCO)C(=O)O. The third-order valence-electron chi connectivity index (χ3n) is 3.31. The van der Waals surface area contributed by atoms with Crippen molar-refractivity contribution in [3.05, 3.63) is 17.0 Å². The van der Waals surface area contributed by atoms with Crippen molar-refractivity contribution in [1.29, 1.82) is 0 Å². The molecule has 3 N–H and O–H groups in total. The predicted molar refractivity (Wildman–Crippen MR) is 72.3 cm³/mol. The fourth-order valence-electron chi connectivity index (χ4n) is 2.07. The molecule has 0 radical (unpaired) electrons. The number of aryl methyl sites for hydroxylation is 2. The Kier molecular flexibility index (Phi) is 5.69. The van der Waals surface area contributed by atoms with Gasteiger partial charge in [-0.05, 0) is 25.8 Å². The first-order chi connectivity index (χ1) is 9.36. The molecule has 7 nitrogen and oxygen atoms in total. The van der Waals surface area contributed by atoms with Crippen LogP contribution >= 0.6 is 0 Å². The molecule has 1 rings (SSSR count). The largest absolute Gasteiger partial charge is 0.480 e. The summed E-state index contributed by atoms with van der Waals surface area (Å²) in [5, 5.41) is 24.3. The second-order valence-corrected chi connectivity index (χ2v) is 4.74. The number of nitrogens with zero attached hydrogens (tertiary/aromatic N) is 2. The normalized spacial score (nSPS) is 12.2. The molecule has 0 bridgehead atoms. The molecule has 0 saturated carbocycles. The van der Waals surface area contributed by atoms with Gasteiger partial charge in [-0.3, -0.25) is 9.48 Å². The molecule has 0 spiro atoms. The van der Waals surface area contributed by atoms with Gasteiger partial charge in [0.1, 0.15) is 6.04 Å². The quantitative estimate of drug-likeness (QED) is 0.649. The van der Waals surface area contributed by atoms with E-state index < -0.39 is 12.0 Å². The summed E-state index contributed by atoms with van der Waals surface area (Å²) in [6, 6.07) is -1.04. The molecule has 0 aliphatic carbocycles. The lowest BCUT2D eigenvalue weighted by molar-refractivity contribution is -0.142. The summed E-state index contributed by atoms with van der Waals surface area (Å²) in [7, 11) is 1.84. The van der Waals surface area contributed by atoms with Gasteiger partial charge in [-0.25, -0.2) is 4.79 Å². The summed E-state index contributed by atoms with van der Waals surface area (Å²) in [5.74, 6) is -1.48. The second kappa shape index (κ2) is 7.04. The van der Waals surface area contributed by atoms with Crippen molar-refractivity contribution in [1.82, 2.24) is 15.1 Å². The number of carbonyl (C=O) groups is 2. The predicted octanol–water partition coefficient (Wildman–Crippen LogP) is -0.0787. The Morgan fingerprint density at radius 2 is 2.05 bits per heavy atom.